The van der Waals surface area contributed by atoms with Gasteiger partial charge in [0.05, 0.1) is 13.5 Å². The van der Waals surface area contributed by atoms with E-state index in [4.69, 9.17) is 16.2 Å². The lowest BCUT2D eigenvalue weighted by Gasteiger charge is -2.34. The number of rotatable bonds is 3. The van der Waals surface area contributed by atoms with Crippen LogP contribution in [-0.4, -0.2) is 43.1 Å². The number of aryl methyl sites for hydroxylation is 1. The Morgan fingerprint density at radius 1 is 1.35 bits per heavy atom. The molecule has 1 aliphatic rings. The van der Waals surface area contributed by atoms with Gasteiger partial charge in [0.1, 0.15) is 5.75 Å². The molecule has 1 aromatic carbocycles. The Morgan fingerprint density at radius 3 is 2.55 bits per heavy atom. The molecular formula is C15H23N3O2. The van der Waals surface area contributed by atoms with Gasteiger partial charge in [-0.05, 0) is 30.5 Å². The molecule has 0 aliphatic carbocycles. The van der Waals surface area contributed by atoms with Gasteiger partial charge in [-0.2, -0.15) is 0 Å². The van der Waals surface area contributed by atoms with Gasteiger partial charge in [0.15, 0.2) is 0 Å². The quantitative estimate of drug-likeness (QED) is 0.839. The molecule has 0 saturated carbocycles. The molecule has 5 nitrogen and oxygen atoms in total. The number of benzene rings is 1. The first-order valence-electron chi connectivity index (χ1n) is 6.92. The Balaban J connectivity index is 2.02. The first-order valence-corrected chi connectivity index (χ1v) is 6.92. The van der Waals surface area contributed by atoms with Gasteiger partial charge < -0.3 is 21.1 Å². The highest BCUT2D eigenvalue weighted by atomic mass is 16.5. The Bertz CT molecular complexity index is 480. The van der Waals surface area contributed by atoms with Crippen molar-refractivity contribution in [2.24, 2.45) is 11.5 Å². The number of methoxy groups -OCH3 is 1. The van der Waals surface area contributed by atoms with Crippen LogP contribution in [0, 0.1) is 6.92 Å². The van der Waals surface area contributed by atoms with E-state index in [-0.39, 0.29) is 18.0 Å². The maximum atomic E-state index is 12.3. The van der Waals surface area contributed by atoms with Gasteiger partial charge in [-0.3, -0.25) is 4.79 Å². The SMILES string of the molecule is COc1ccc(CC(=O)N2C[C@H](N)C[C@H](N)C2)cc1C. The number of ether oxygens (including phenoxy) is 1. The van der Waals surface area contributed by atoms with Gasteiger partial charge in [-0.1, -0.05) is 12.1 Å². The minimum absolute atomic E-state index is 0.0136. The summed E-state index contributed by atoms with van der Waals surface area (Å²) in [5, 5.41) is 0. The maximum Gasteiger partial charge on any atom is 0.227 e. The van der Waals surface area contributed by atoms with Gasteiger partial charge in [0.25, 0.3) is 0 Å². The standard InChI is InChI=1S/C15H23N3O2/c1-10-5-11(3-4-14(10)20-2)6-15(19)18-8-12(16)7-13(17)9-18/h3-5,12-13H,6-9,16-17H2,1-2H3/t12-,13+. The molecule has 1 aliphatic heterocycles. The number of amides is 1. The zero-order valence-corrected chi connectivity index (χ0v) is 12.1. The van der Waals surface area contributed by atoms with E-state index in [0.29, 0.717) is 19.5 Å². The lowest BCUT2D eigenvalue weighted by Crippen LogP contribution is -2.54. The molecule has 0 spiro atoms. The highest BCUT2D eigenvalue weighted by molar-refractivity contribution is 5.79. The van der Waals surface area contributed by atoms with Crippen molar-refractivity contribution in [2.75, 3.05) is 20.2 Å². The second-order valence-electron chi connectivity index (χ2n) is 5.54. The summed E-state index contributed by atoms with van der Waals surface area (Å²) in [6, 6.07) is 5.78. The molecule has 1 saturated heterocycles. The third-order valence-electron chi connectivity index (χ3n) is 3.68. The second-order valence-corrected chi connectivity index (χ2v) is 5.54. The fraction of sp³-hybridized carbons (Fsp3) is 0.533. The van der Waals surface area contributed by atoms with Gasteiger partial charge >= 0.3 is 0 Å². The molecule has 1 aromatic rings. The van der Waals surface area contributed by atoms with Crippen molar-refractivity contribution in [1.82, 2.24) is 4.90 Å². The molecule has 1 heterocycles. The predicted molar refractivity (Wildman–Crippen MR) is 78.6 cm³/mol. The number of hydrogen-bond acceptors (Lipinski definition) is 4. The normalized spacial score (nSPS) is 22.7. The summed E-state index contributed by atoms with van der Waals surface area (Å²) < 4.78 is 5.22. The van der Waals surface area contributed by atoms with E-state index in [1.807, 2.05) is 25.1 Å². The average Bonchev–Trinajstić information content (AvgIpc) is 2.37. The highest BCUT2D eigenvalue weighted by Crippen LogP contribution is 2.19. The van der Waals surface area contributed by atoms with Crippen molar-refractivity contribution in [3.05, 3.63) is 29.3 Å². The van der Waals surface area contributed by atoms with Crippen LogP contribution in [0.25, 0.3) is 0 Å². The summed E-state index contributed by atoms with van der Waals surface area (Å²) in [7, 11) is 1.64. The fourth-order valence-corrected chi connectivity index (χ4v) is 2.72. The molecular weight excluding hydrogens is 254 g/mol. The molecule has 1 amide bonds. The maximum absolute atomic E-state index is 12.3. The minimum Gasteiger partial charge on any atom is -0.496 e. The Kier molecular flexibility index (Phi) is 4.62. The van der Waals surface area contributed by atoms with Gasteiger partial charge in [0, 0.05) is 25.2 Å². The highest BCUT2D eigenvalue weighted by Gasteiger charge is 2.25. The van der Waals surface area contributed by atoms with Crippen LogP contribution >= 0.6 is 0 Å². The second kappa shape index (κ2) is 6.24. The van der Waals surface area contributed by atoms with Crippen LogP contribution < -0.4 is 16.2 Å². The van der Waals surface area contributed by atoms with E-state index in [2.05, 4.69) is 0 Å². The smallest absolute Gasteiger partial charge is 0.227 e. The number of piperidine rings is 1. The third-order valence-corrected chi connectivity index (χ3v) is 3.68. The van der Waals surface area contributed by atoms with Gasteiger partial charge in [-0.25, -0.2) is 0 Å². The number of likely N-dealkylation sites (tertiary alicyclic amines) is 1. The monoisotopic (exact) mass is 277 g/mol. The van der Waals surface area contributed by atoms with Crippen molar-refractivity contribution in [3.63, 3.8) is 0 Å². The largest absolute Gasteiger partial charge is 0.496 e. The van der Waals surface area contributed by atoms with Crippen LogP contribution in [-0.2, 0) is 11.2 Å². The van der Waals surface area contributed by atoms with Crippen molar-refractivity contribution in [1.29, 1.82) is 0 Å². The van der Waals surface area contributed by atoms with E-state index >= 15 is 0 Å². The van der Waals surface area contributed by atoms with E-state index < -0.39 is 0 Å². The fourth-order valence-electron chi connectivity index (χ4n) is 2.72. The first-order chi connectivity index (χ1) is 9.49. The molecule has 0 bridgehead atoms. The van der Waals surface area contributed by atoms with Crippen LogP contribution in [0.2, 0.25) is 0 Å². The lowest BCUT2D eigenvalue weighted by atomic mass is 10.0. The summed E-state index contributed by atoms with van der Waals surface area (Å²) in [5.41, 5.74) is 13.9. The van der Waals surface area contributed by atoms with Gasteiger partial charge in [-0.15, -0.1) is 0 Å². The summed E-state index contributed by atoms with van der Waals surface area (Å²) in [5.74, 6) is 0.920. The molecule has 0 unspecified atom stereocenters. The Morgan fingerprint density at radius 2 is 2.00 bits per heavy atom. The molecule has 4 N–H and O–H groups in total. The van der Waals surface area contributed by atoms with Gasteiger partial charge in [0.2, 0.25) is 5.91 Å². The summed E-state index contributed by atoms with van der Waals surface area (Å²) in [6.07, 6.45) is 1.16. The molecule has 110 valence electrons. The number of nitrogens with zero attached hydrogens (tertiary/aromatic N) is 1. The zero-order valence-electron chi connectivity index (χ0n) is 12.1. The number of hydrogen-bond donors (Lipinski definition) is 2. The Hall–Kier alpha value is -1.59. The average molecular weight is 277 g/mol. The van der Waals surface area contributed by atoms with Crippen molar-refractivity contribution in [3.8, 4) is 5.75 Å². The van der Waals surface area contributed by atoms with E-state index in [1.165, 1.54) is 0 Å². The first kappa shape index (κ1) is 14.8. The topological polar surface area (TPSA) is 81.6 Å². The van der Waals surface area contributed by atoms with E-state index in [1.54, 1.807) is 12.0 Å². The summed E-state index contributed by atoms with van der Waals surface area (Å²) in [6.45, 7) is 3.17. The zero-order chi connectivity index (χ0) is 14.7. The lowest BCUT2D eigenvalue weighted by molar-refractivity contribution is -0.131. The van der Waals surface area contributed by atoms with Crippen LogP contribution in [0.3, 0.4) is 0 Å². The van der Waals surface area contributed by atoms with Crippen molar-refractivity contribution < 1.29 is 9.53 Å². The molecule has 1 fully saturated rings. The number of carbonyl (C=O) groups is 1. The summed E-state index contributed by atoms with van der Waals surface area (Å²) in [4.78, 5) is 14.1. The van der Waals surface area contributed by atoms with E-state index in [0.717, 1.165) is 23.3 Å². The predicted octanol–water partition coefficient (Wildman–Crippen LogP) is 0.433. The molecule has 20 heavy (non-hydrogen) atoms. The van der Waals surface area contributed by atoms with Crippen LogP contribution in [0.4, 0.5) is 0 Å². The van der Waals surface area contributed by atoms with E-state index in [9.17, 15) is 4.79 Å². The van der Waals surface area contributed by atoms with Crippen molar-refractivity contribution >= 4 is 5.91 Å². The van der Waals surface area contributed by atoms with Crippen LogP contribution in [0.15, 0.2) is 18.2 Å². The minimum atomic E-state index is -0.0136. The van der Waals surface area contributed by atoms with Crippen molar-refractivity contribution in [2.45, 2.75) is 31.8 Å². The number of carbonyl (C=O) groups excluding carboxylic acids is 1. The molecule has 5 heteroatoms. The third kappa shape index (κ3) is 3.49. The number of nitrogens with two attached hydrogens (primary N) is 2. The summed E-state index contributed by atoms with van der Waals surface area (Å²) >= 11 is 0. The Labute approximate surface area is 119 Å². The molecule has 2 rings (SSSR count). The van der Waals surface area contributed by atoms with Crippen LogP contribution in [0.1, 0.15) is 17.5 Å². The molecule has 0 radical (unpaired) electrons. The van der Waals surface area contributed by atoms with Crippen LogP contribution in [0.5, 0.6) is 5.75 Å². The molecule has 2 atom stereocenters. The molecule has 0 aromatic heterocycles.